The molecule has 1 amide bonds. The molecular weight excluding hydrogens is 378 g/mol. The number of hydrogen-bond acceptors (Lipinski definition) is 5. The van der Waals surface area contributed by atoms with E-state index in [2.05, 4.69) is 40.0 Å². The predicted molar refractivity (Wildman–Crippen MR) is 119 cm³/mol. The van der Waals surface area contributed by atoms with Gasteiger partial charge in [0.2, 0.25) is 0 Å². The Morgan fingerprint density at radius 3 is 2.63 bits per heavy atom. The smallest absolute Gasteiger partial charge is 0.274 e. The highest BCUT2D eigenvalue weighted by Gasteiger charge is 2.18. The standard InChI is InChI=1S/C20H23N5O2.C3H8/c1-13-21-9-8-16(22-13)20(26)23-18-10-14-12-25(15-6-4-3-5-7-15)24-17(14)11-19(18)27-2;1-3-2/h8-12,15H,3-7H2,1-2H3,(H,23,26);3H2,1-2H3. The Kier molecular flexibility index (Phi) is 7.38. The Morgan fingerprint density at radius 2 is 1.97 bits per heavy atom. The largest absolute Gasteiger partial charge is 0.494 e. The SMILES string of the molecule is CCC.COc1cc2nn(C3CCCCC3)cc2cc1NC(=O)c1ccnc(C)n1. The molecule has 1 N–H and O–H groups in total. The number of carbonyl (C=O) groups is 1. The van der Waals surface area contributed by atoms with Crippen LogP contribution in [0.4, 0.5) is 5.69 Å². The number of nitrogens with zero attached hydrogens (tertiary/aromatic N) is 4. The lowest BCUT2D eigenvalue weighted by atomic mass is 9.96. The van der Waals surface area contributed by atoms with E-state index >= 15 is 0 Å². The van der Waals surface area contributed by atoms with E-state index in [9.17, 15) is 4.79 Å². The maximum absolute atomic E-state index is 12.5. The topological polar surface area (TPSA) is 81.9 Å². The first kappa shape index (κ1) is 21.7. The fourth-order valence-corrected chi connectivity index (χ4v) is 3.64. The van der Waals surface area contributed by atoms with E-state index in [-0.39, 0.29) is 5.91 Å². The Bertz CT molecular complexity index is 992. The van der Waals surface area contributed by atoms with Gasteiger partial charge in [0.05, 0.1) is 24.4 Å². The number of ether oxygens (including phenoxy) is 1. The van der Waals surface area contributed by atoms with Gasteiger partial charge in [0.15, 0.2) is 0 Å². The van der Waals surface area contributed by atoms with E-state index < -0.39 is 0 Å². The molecule has 1 aliphatic carbocycles. The number of methoxy groups -OCH3 is 1. The number of anilines is 1. The lowest BCUT2D eigenvalue weighted by molar-refractivity contribution is 0.102. The molecule has 1 saturated carbocycles. The highest BCUT2D eigenvalue weighted by Crippen LogP contribution is 2.33. The molecule has 0 unspecified atom stereocenters. The second kappa shape index (κ2) is 10.2. The van der Waals surface area contributed by atoms with Gasteiger partial charge >= 0.3 is 0 Å². The normalized spacial score (nSPS) is 14.1. The van der Waals surface area contributed by atoms with Crippen LogP contribution in [0, 0.1) is 6.92 Å². The van der Waals surface area contributed by atoms with E-state index in [0.29, 0.717) is 29.0 Å². The lowest BCUT2D eigenvalue weighted by Gasteiger charge is -2.21. The second-order valence-electron chi connectivity index (χ2n) is 7.66. The number of carbonyl (C=O) groups excluding carboxylic acids is 1. The third kappa shape index (κ3) is 5.14. The summed E-state index contributed by atoms with van der Waals surface area (Å²) in [5, 5.41) is 8.62. The molecular formula is C23H31N5O2. The van der Waals surface area contributed by atoms with Crippen molar-refractivity contribution in [3.8, 4) is 5.75 Å². The van der Waals surface area contributed by atoms with Gasteiger partial charge in [-0.1, -0.05) is 39.5 Å². The molecule has 1 fully saturated rings. The summed E-state index contributed by atoms with van der Waals surface area (Å²) >= 11 is 0. The quantitative estimate of drug-likeness (QED) is 0.631. The summed E-state index contributed by atoms with van der Waals surface area (Å²) in [6.07, 6.45) is 11.0. The van der Waals surface area contributed by atoms with Crippen LogP contribution in [-0.2, 0) is 0 Å². The van der Waals surface area contributed by atoms with Crippen LogP contribution in [0.25, 0.3) is 10.9 Å². The van der Waals surface area contributed by atoms with Crippen LogP contribution in [0.1, 0.15) is 74.7 Å². The fourth-order valence-electron chi connectivity index (χ4n) is 3.64. The molecule has 4 rings (SSSR count). The number of nitrogens with one attached hydrogen (secondary N) is 1. The highest BCUT2D eigenvalue weighted by atomic mass is 16.5. The molecule has 0 aliphatic heterocycles. The molecule has 2 aromatic heterocycles. The minimum Gasteiger partial charge on any atom is -0.494 e. The summed E-state index contributed by atoms with van der Waals surface area (Å²) in [6, 6.07) is 5.83. The molecule has 3 aromatic rings. The summed E-state index contributed by atoms with van der Waals surface area (Å²) in [5.41, 5.74) is 1.80. The third-order valence-electron chi connectivity index (χ3n) is 5.05. The van der Waals surface area contributed by atoms with Crippen molar-refractivity contribution in [1.29, 1.82) is 0 Å². The minimum absolute atomic E-state index is 0.294. The van der Waals surface area contributed by atoms with Crippen LogP contribution >= 0.6 is 0 Å². The maximum atomic E-state index is 12.5. The summed E-state index contributed by atoms with van der Waals surface area (Å²) in [5.74, 6) is 0.840. The van der Waals surface area contributed by atoms with Crippen molar-refractivity contribution in [2.45, 2.75) is 65.3 Å². The van der Waals surface area contributed by atoms with Crippen LogP contribution in [-0.4, -0.2) is 32.8 Å². The molecule has 0 spiro atoms. The van der Waals surface area contributed by atoms with Gasteiger partial charge in [-0.15, -0.1) is 0 Å². The number of aryl methyl sites for hydroxylation is 1. The zero-order chi connectivity index (χ0) is 21.5. The Balaban J connectivity index is 0.000000806. The Morgan fingerprint density at radius 1 is 1.23 bits per heavy atom. The van der Waals surface area contributed by atoms with Crippen LogP contribution in [0.15, 0.2) is 30.6 Å². The first-order valence-corrected chi connectivity index (χ1v) is 10.7. The number of rotatable bonds is 4. The number of aromatic nitrogens is 4. The molecule has 160 valence electrons. The average molecular weight is 410 g/mol. The summed E-state index contributed by atoms with van der Waals surface area (Å²) in [7, 11) is 1.59. The highest BCUT2D eigenvalue weighted by molar-refractivity contribution is 6.05. The first-order valence-electron chi connectivity index (χ1n) is 10.7. The molecule has 0 bridgehead atoms. The van der Waals surface area contributed by atoms with Crippen molar-refractivity contribution in [3.63, 3.8) is 0 Å². The van der Waals surface area contributed by atoms with E-state index in [0.717, 1.165) is 10.9 Å². The lowest BCUT2D eigenvalue weighted by Crippen LogP contribution is -2.15. The van der Waals surface area contributed by atoms with Gasteiger partial charge in [-0.05, 0) is 31.9 Å². The minimum atomic E-state index is -0.294. The average Bonchev–Trinajstić information content (AvgIpc) is 3.17. The fraction of sp³-hybridized carbons (Fsp3) is 0.478. The molecule has 7 nitrogen and oxygen atoms in total. The van der Waals surface area contributed by atoms with Crippen molar-refractivity contribution in [1.82, 2.24) is 19.7 Å². The van der Waals surface area contributed by atoms with Crippen molar-refractivity contribution >= 4 is 22.5 Å². The molecule has 0 atom stereocenters. The van der Waals surface area contributed by atoms with Crippen molar-refractivity contribution < 1.29 is 9.53 Å². The van der Waals surface area contributed by atoms with Gasteiger partial charge in [0, 0.05) is 23.8 Å². The first-order chi connectivity index (χ1) is 14.5. The van der Waals surface area contributed by atoms with Crippen LogP contribution < -0.4 is 10.1 Å². The van der Waals surface area contributed by atoms with Crippen LogP contribution in [0.3, 0.4) is 0 Å². The molecule has 30 heavy (non-hydrogen) atoms. The third-order valence-corrected chi connectivity index (χ3v) is 5.05. The molecule has 7 heteroatoms. The molecule has 2 heterocycles. The number of fused-ring (bicyclic) bond motifs is 1. The van der Waals surface area contributed by atoms with Crippen molar-refractivity contribution in [2.24, 2.45) is 0 Å². The Hall–Kier alpha value is -2.96. The van der Waals surface area contributed by atoms with Crippen molar-refractivity contribution in [2.75, 3.05) is 12.4 Å². The molecule has 1 aliphatic rings. The van der Waals surface area contributed by atoms with Crippen molar-refractivity contribution in [3.05, 3.63) is 42.1 Å². The van der Waals surface area contributed by atoms with Crippen LogP contribution in [0.5, 0.6) is 5.75 Å². The van der Waals surface area contributed by atoms with Gasteiger partial charge in [-0.3, -0.25) is 9.48 Å². The molecule has 0 saturated heterocycles. The summed E-state index contributed by atoms with van der Waals surface area (Å²) < 4.78 is 7.54. The number of benzene rings is 1. The van der Waals surface area contributed by atoms with Gasteiger partial charge in [-0.2, -0.15) is 5.10 Å². The molecule has 1 aromatic carbocycles. The van der Waals surface area contributed by atoms with E-state index in [1.807, 2.05) is 12.1 Å². The summed E-state index contributed by atoms with van der Waals surface area (Å²) in [6.45, 7) is 6.00. The zero-order valence-electron chi connectivity index (χ0n) is 18.3. The summed E-state index contributed by atoms with van der Waals surface area (Å²) in [4.78, 5) is 20.7. The van der Waals surface area contributed by atoms with Gasteiger partial charge < -0.3 is 10.1 Å². The Labute approximate surface area is 177 Å². The second-order valence-corrected chi connectivity index (χ2v) is 7.66. The van der Waals surface area contributed by atoms with Gasteiger partial charge in [0.25, 0.3) is 5.91 Å². The van der Waals surface area contributed by atoms with E-state index in [1.165, 1.54) is 38.5 Å². The predicted octanol–water partition coefficient (Wildman–Crippen LogP) is 5.32. The van der Waals surface area contributed by atoms with E-state index in [1.54, 1.807) is 26.3 Å². The monoisotopic (exact) mass is 409 g/mol. The molecule has 0 radical (unpaired) electrons. The van der Waals surface area contributed by atoms with Gasteiger partial charge in [0.1, 0.15) is 17.3 Å². The maximum Gasteiger partial charge on any atom is 0.274 e. The number of amides is 1. The number of hydrogen-bond donors (Lipinski definition) is 1. The van der Waals surface area contributed by atoms with Crippen LogP contribution in [0.2, 0.25) is 0 Å². The zero-order valence-corrected chi connectivity index (χ0v) is 18.3. The van der Waals surface area contributed by atoms with E-state index in [4.69, 9.17) is 9.84 Å². The van der Waals surface area contributed by atoms with Gasteiger partial charge in [-0.25, -0.2) is 9.97 Å².